The van der Waals surface area contributed by atoms with E-state index in [1.54, 1.807) is 14.2 Å². The van der Waals surface area contributed by atoms with Crippen molar-refractivity contribution in [3.8, 4) is 11.5 Å². The van der Waals surface area contributed by atoms with Crippen molar-refractivity contribution >= 4 is 11.8 Å². The molecule has 0 bridgehead atoms. The lowest BCUT2D eigenvalue weighted by molar-refractivity contribution is 0.354. The van der Waals surface area contributed by atoms with Gasteiger partial charge in [0.1, 0.15) is 5.82 Å². The van der Waals surface area contributed by atoms with Gasteiger partial charge in [0.2, 0.25) is 5.95 Å². The van der Waals surface area contributed by atoms with Crippen LogP contribution in [0.25, 0.3) is 0 Å². The van der Waals surface area contributed by atoms with Crippen LogP contribution in [-0.4, -0.2) is 37.3 Å². The van der Waals surface area contributed by atoms with Crippen LogP contribution in [0.5, 0.6) is 11.5 Å². The van der Waals surface area contributed by atoms with E-state index in [-0.39, 0.29) is 0 Å². The summed E-state index contributed by atoms with van der Waals surface area (Å²) in [4.78, 5) is 11.6. The van der Waals surface area contributed by atoms with E-state index < -0.39 is 0 Å². The molecule has 134 valence electrons. The Morgan fingerprint density at radius 3 is 2.48 bits per heavy atom. The fraction of sp³-hybridized carbons (Fsp3) is 0.474. The molecule has 0 unspecified atom stereocenters. The molecule has 1 aliphatic rings. The van der Waals surface area contributed by atoms with Gasteiger partial charge in [0, 0.05) is 31.4 Å². The minimum absolute atomic E-state index is 0.628. The zero-order valence-electron chi connectivity index (χ0n) is 15.2. The van der Waals surface area contributed by atoms with Crippen LogP contribution in [-0.2, 0) is 6.54 Å². The lowest BCUT2D eigenvalue weighted by Gasteiger charge is -2.28. The molecule has 1 aliphatic heterocycles. The molecule has 1 N–H and O–H groups in total. The molecule has 0 spiro atoms. The molecule has 1 aromatic carbocycles. The monoisotopic (exact) mass is 342 g/mol. The Bertz CT molecular complexity index is 715. The summed E-state index contributed by atoms with van der Waals surface area (Å²) >= 11 is 0. The highest BCUT2D eigenvalue weighted by Gasteiger charge is 2.14. The SMILES string of the molecule is COc1ccc(CNc2nc(C)cc(N3CCCCC3)n2)cc1OC. The van der Waals surface area contributed by atoms with Gasteiger partial charge in [-0.1, -0.05) is 6.07 Å². The van der Waals surface area contributed by atoms with Crippen LogP contribution in [0, 0.1) is 6.92 Å². The number of aromatic nitrogens is 2. The fourth-order valence-electron chi connectivity index (χ4n) is 3.09. The zero-order valence-corrected chi connectivity index (χ0v) is 15.2. The third-order valence-corrected chi connectivity index (χ3v) is 4.42. The third kappa shape index (κ3) is 4.32. The van der Waals surface area contributed by atoms with E-state index in [0.717, 1.165) is 41.7 Å². The largest absolute Gasteiger partial charge is 0.493 e. The quantitative estimate of drug-likeness (QED) is 0.868. The number of methoxy groups -OCH3 is 2. The molecular weight excluding hydrogens is 316 g/mol. The molecule has 2 heterocycles. The van der Waals surface area contributed by atoms with Crippen LogP contribution >= 0.6 is 0 Å². The number of rotatable bonds is 6. The van der Waals surface area contributed by atoms with E-state index in [1.165, 1.54) is 19.3 Å². The first-order valence-corrected chi connectivity index (χ1v) is 8.75. The first-order chi connectivity index (χ1) is 12.2. The molecule has 3 rings (SSSR count). The number of hydrogen-bond donors (Lipinski definition) is 1. The predicted octanol–water partition coefficient (Wildman–Crippen LogP) is 3.40. The Hall–Kier alpha value is -2.50. The third-order valence-electron chi connectivity index (χ3n) is 4.42. The summed E-state index contributed by atoms with van der Waals surface area (Å²) in [6.07, 6.45) is 3.78. The van der Waals surface area contributed by atoms with Gasteiger partial charge in [0.05, 0.1) is 14.2 Å². The first-order valence-electron chi connectivity index (χ1n) is 8.75. The molecule has 0 atom stereocenters. The van der Waals surface area contributed by atoms with Gasteiger partial charge in [-0.3, -0.25) is 0 Å². The highest BCUT2D eigenvalue weighted by Crippen LogP contribution is 2.28. The topological polar surface area (TPSA) is 59.5 Å². The molecular formula is C19H26N4O2. The Balaban J connectivity index is 1.71. The second-order valence-corrected chi connectivity index (χ2v) is 6.28. The average Bonchev–Trinajstić information content (AvgIpc) is 2.66. The van der Waals surface area contributed by atoms with Gasteiger partial charge < -0.3 is 19.7 Å². The summed E-state index contributed by atoms with van der Waals surface area (Å²) in [6, 6.07) is 7.95. The minimum atomic E-state index is 0.628. The van der Waals surface area contributed by atoms with Crippen LogP contribution in [0.1, 0.15) is 30.5 Å². The second-order valence-electron chi connectivity index (χ2n) is 6.28. The van der Waals surface area contributed by atoms with E-state index >= 15 is 0 Å². The summed E-state index contributed by atoms with van der Waals surface area (Å²) in [5.41, 5.74) is 2.06. The zero-order chi connectivity index (χ0) is 17.6. The van der Waals surface area contributed by atoms with Gasteiger partial charge in [-0.25, -0.2) is 4.98 Å². The molecule has 6 nitrogen and oxygen atoms in total. The van der Waals surface area contributed by atoms with Crippen LogP contribution in [0.4, 0.5) is 11.8 Å². The molecule has 6 heteroatoms. The van der Waals surface area contributed by atoms with Gasteiger partial charge in [0.25, 0.3) is 0 Å². The number of aryl methyl sites for hydroxylation is 1. The van der Waals surface area contributed by atoms with Crippen molar-refractivity contribution in [1.29, 1.82) is 0 Å². The number of nitrogens with zero attached hydrogens (tertiary/aromatic N) is 3. The average molecular weight is 342 g/mol. The van der Waals surface area contributed by atoms with Crippen LogP contribution in [0.3, 0.4) is 0 Å². The van der Waals surface area contributed by atoms with Crippen molar-refractivity contribution in [1.82, 2.24) is 9.97 Å². The van der Waals surface area contributed by atoms with Gasteiger partial charge in [-0.05, 0) is 43.9 Å². The number of piperidine rings is 1. The fourth-order valence-corrected chi connectivity index (χ4v) is 3.09. The lowest BCUT2D eigenvalue weighted by Crippen LogP contribution is -2.30. The van der Waals surface area contributed by atoms with Gasteiger partial charge >= 0.3 is 0 Å². The Kier molecular flexibility index (Phi) is 5.58. The molecule has 1 saturated heterocycles. The molecule has 2 aromatic rings. The van der Waals surface area contributed by atoms with Crippen molar-refractivity contribution < 1.29 is 9.47 Å². The maximum absolute atomic E-state index is 5.36. The smallest absolute Gasteiger partial charge is 0.225 e. The maximum atomic E-state index is 5.36. The molecule has 0 aliphatic carbocycles. The number of anilines is 2. The highest BCUT2D eigenvalue weighted by molar-refractivity contribution is 5.46. The van der Waals surface area contributed by atoms with Gasteiger partial charge in [0.15, 0.2) is 11.5 Å². The van der Waals surface area contributed by atoms with Crippen molar-refractivity contribution in [3.05, 3.63) is 35.5 Å². The van der Waals surface area contributed by atoms with E-state index in [0.29, 0.717) is 12.5 Å². The minimum Gasteiger partial charge on any atom is -0.493 e. The summed E-state index contributed by atoms with van der Waals surface area (Å²) in [7, 11) is 3.28. The van der Waals surface area contributed by atoms with E-state index in [2.05, 4.69) is 21.3 Å². The number of nitrogens with one attached hydrogen (secondary N) is 1. The predicted molar refractivity (Wildman–Crippen MR) is 99.7 cm³/mol. The van der Waals surface area contributed by atoms with Crippen molar-refractivity contribution in [2.75, 3.05) is 37.5 Å². The Morgan fingerprint density at radius 1 is 1.00 bits per heavy atom. The van der Waals surface area contributed by atoms with Gasteiger partial charge in [-0.2, -0.15) is 4.98 Å². The molecule has 1 aromatic heterocycles. The van der Waals surface area contributed by atoms with Crippen molar-refractivity contribution in [2.45, 2.75) is 32.7 Å². The summed E-state index contributed by atoms with van der Waals surface area (Å²) in [5, 5.41) is 3.32. The summed E-state index contributed by atoms with van der Waals surface area (Å²) < 4.78 is 10.6. The maximum Gasteiger partial charge on any atom is 0.225 e. The number of benzene rings is 1. The normalized spacial score (nSPS) is 14.3. The van der Waals surface area contributed by atoms with Crippen molar-refractivity contribution in [3.63, 3.8) is 0 Å². The lowest BCUT2D eigenvalue weighted by atomic mass is 10.1. The summed E-state index contributed by atoms with van der Waals surface area (Å²) in [6.45, 7) is 4.79. The number of ether oxygens (including phenoxy) is 2. The Labute approximate surface area is 149 Å². The van der Waals surface area contributed by atoms with E-state index in [9.17, 15) is 0 Å². The van der Waals surface area contributed by atoms with E-state index in [1.807, 2.05) is 25.1 Å². The second kappa shape index (κ2) is 8.05. The molecule has 25 heavy (non-hydrogen) atoms. The van der Waals surface area contributed by atoms with Crippen LogP contribution < -0.4 is 19.7 Å². The molecule has 0 amide bonds. The standard InChI is InChI=1S/C19H26N4O2/c1-14-11-18(23-9-5-4-6-10-23)22-19(21-14)20-13-15-7-8-16(24-2)17(12-15)25-3/h7-8,11-12H,4-6,9-10,13H2,1-3H3,(H,20,21,22). The molecule has 0 saturated carbocycles. The highest BCUT2D eigenvalue weighted by atomic mass is 16.5. The van der Waals surface area contributed by atoms with E-state index in [4.69, 9.17) is 14.5 Å². The first kappa shape index (κ1) is 17.3. The molecule has 0 radical (unpaired) electrons. The van der Waals surface area contributed by atoms with Crippen LogP contribution in [0.2, 0.25) is 0 Å². The summed E-state index contributed by atoms with van der Waals surface area (Å²) in [5.74, 6) is 3.13. The van der Waals surface area contributed by atoms with Crippen molar-refractivity contribution in [2.24, 2.45) is 0 Å². The number of hydrogen-bond acceptors (Lipinski definition) is 6. The van der Waals surface area contributed by atoms with Crippen LogP contribution in [0.15, 0.2) is 24.3 Å². The Morgan fingerprint density at radius 2 is 1.76 bits per heavy atom. The molecule has 1 fully saturated rings. The van der Waals surface area contributed by atoms with Gasteiger partial charge in [-0.15, -0.1) is 0 Å².